The molecule has 1 unspecified atom stereocenters. The van der Waals surface area contributed by atoms with Crippen LogP contribution in [-0.2, 0) is 6.18 Å². The van der Waals surface area contributed by atoms with Gasteiger partial charge >= 0.3 is 12.2 Å². The minimum Gasteiger partial charge on any atom is -0.323 e. The van der Waals surface area contributed by atoms with Crippen molar-refractivity contribution >= 4 is 11.7 Å². The van der Waals surface area contributed by atoms with Crippen molar-refractivity contribution in [2.75, 3.05) is 25.5 Å². The van der Waals surface area contributed by atoms with Crippen molar-refractivity contribution in [1.29, 1.82) is 0 Å². The Morgan fingerprint density at radius 3 is 2.75 bits per heavy atom. The standard InChI is InChI=1S/C13H16F3N3O/c1-17-11-5-6-19(8-11)12(20)18-10-4-2-3-9(7-10)13(14,15)16/h2-4,7,11,17H,5-6,8H2,1H3,(H,18,20). The molecule has 0 spiro atoms. The van der Waals surface area contributed by atoms with Gasteiger partial charge in [0.2, 0.25) is 0 Å². The number of urea groups is 1. The van der Waals surface area contributed by atoms with Crippen LogP contribution in [0.15, 0.2) is 24.3 Å². The van der Waals surface area contributed by atoms with Crippen LogP contribution in [0.1, 0.15) is 12.0 Å². The lowest BCUT2D eigenvalue weighted by Gasteiger charge is -2.18. The fraction of sp³-hybridized carbons (Fsp3) is 0.462. The Bertz CT molecular complexity index is 490. The van der Waals surface area contributed by atoms with Gasteiger partial charge in [0, 0.05) is 24.8 Å². The zero-order chi connectivity index (χ0) is 14.8. The summed E-state index contributed by atoms with van der Waals surface area (Å²) in [4.78, 5) is 13.5. The van der Waals surface area contributed by atoms with Gasteiger partial charge in [0.1, 0.15) is 0 Å². The van der Waals surface area contributed by atoms with E-state index in [0.717, 1.165) is 18.6 Å². The molecule has 4 nitrogen and oxygen atoms in total. The van der Waals surface area contributed by atoms with E-state index in [1.807, 2.05) is 7.05 Å². The monoisotopic (exact) mass is 287 g/mol. The molecule has 1 saturated heterocycles. The third-order valence-electron chi connectivity index (χ3n) is 3.32. The molecule has 1 aliphatic heterocycles. The molecule has 2 rings (SSSR count). The molecular formula is C13H16F3N3O. The van der Waals surface area contributed by atoms with Gasteiger partial charge in [-0.1, -0.05) is 6.07 Å². The summed E-state index contributed by atoms with van der Waals surface area (Å²) in [5.74, 6) is 0. The Hall–Kier alpha value is -1.76. The van der Waals surface area contributed by atoms with Gasteiger partial charge in [-0.3, -0.25) is 0 Å². The molecule has 7 heteroatoms. The van der Waals surface area contributed by atoms with Crippen LogP contribution in [-0.4, -0.2) is 37.1 Å². The molecule has 0 bridgehead atoms. The maximum absolute atomic E-state index is 12.6. The third-order valence-corrected chi connectivity index (χ3v) is 3.32. The van der Waals surface area contributed by atoms with Crippen LogP contribution in [0.4, 0.5) is 23.7 Å². The number of halogens is 3. The molecule has 1 aromatic rings. The van der Waals surface area contributed by atoms with E-state index in [1.54, 1.807) is 4.90 Å². The number of benzene rings is 1. The van der Waals surface area contributed by atoms with Gasteiger partial charge in [-0.15, -0.1) is 0 Å². The summed E-state index contributed by atoms with van der Waals surface area (Å²) in [5, 5.41) is 5.57. The molecule has 1 atom stereocenters. The predicted molar refractivity (Wildman–Crippen MR) is 69.5 cm³/mol. The number of nitrogens with zero attached hydrogens (tertiary/aromatic N) is 1. The summed E-state index contributed by atoms with van der Waals surface area (Å²) in [6, 6.07) is 4.49. The van der Waals surface area contributed by atoms with E-state index in [0.29, 0.717) is 13.1 Å². The Balaban J connectivity index is 2.02. The number of hydrogen-bond acceptors (Lipinski definition) is 2. The smallest absolute Gasteiger partial charge is 0.323 e. The van der Waals surface area contributed by atoms with Crippen LogP contribution in [0.2, 0.25) is 0 Å². The Morgan fingerprint density at radius 2 is 2.15 bits per heavy atom. The molecule has 0 aromatic heterocycles. The number of hydrogen-bond donors (Lipinski definition) is 2. The molecule has 20 heavy (non-hydrogen) atoms. The Morgan fingerprint density at radius 1 is 1.40 bits per heavy atom. The lowest BCUT2D eigenvalue weighted by Crippen LogP contribution is -2.36. The molecule has 1 aromatic carbocycles. The zero-order valence-electron chi connectivity index (χ0n) is 11.0. The summed E-state index contributed by atoms with van der Waals surface area (Å²) in [6.07, 6.45) is -3.57. The number of carbonyl (C=O) groups excluding carboxylic acids is 1. The van der Waals surface area contributed by atoms with Crippen LogP contribution < -0.4 is 10.6 Å². The average molecular weight is 287 g/mol. The quantitative estimate of drug-likeness (QED) is 0.878. The molecule has 0 saturated carbocycles. The first-order valence-electron chi connectivity index (χ1n) is 6.30. The van der Waals surface area contributed by atoms with Crippen molar-refractivity contribution in [1.82, 2.24) is 10.2 Å². The first-order valence-corrected chi connectivity index (χ1v) is 6.30. The van der Waals surface area contributed by atoms with E-state index >= 15 is 0 Å². The fourth-order valence-electron chi connectivity index (χ4n) is 2.16. The molecule has 0 aliphatic carbocycles. The van der Waals surface area contributed by atoms with Gasteiger partial charge in [-0.2, -0.15) is 13.2 Å². The summed E-state index contributed by atoms with van der Waals surface area (Å²) in [6.45, 7) is 1.15. The molecule has 2 N–H and O–H groups in total. The second-order valence-electron chi connectivity index (χ2n) is 4.73. The average Bonchev–Trinajstić information content (AvgIpc) is 2.87. The van der Waals surface area contributed by atoms with Crippen molar-refractivity contribution in [3.8, 4) is 0 Å². The van der Waals surface area contributed by atoms with Gasteiger partial charge in [0.25, 0.3) is 0 Å². The fourth-order valence-corrected chi connectivity index (χ4v) is 2.16. The van der Waals surface area contributed by atoms with E-state index < -0.39 is 11.7 Å². The highest BCUT2D eigenvalue weighted by atomic mass is 19.4. The number of anilines is 1. The number of likely N-dealkylation sites (tertiary alicyclic amines) is 1. The van der Waals surface area contributed by atoms with E-state index in [2.05, 4.69) is 10.6 Å². The van der Waals surface area contributed by atoms with Crippen molar-refractivity contribution in [2.45, 2.75) is 18.6 Å². The number of alkyl halides is 3. The molecule has 0 radical (unpaired) electrons. The summed E-state index contributed by atoms with van der Waals surface area (Å²) in [7, 11) is 1.82. The number of rotatable bonds is 2. The van der Waals surface area contributed by atoms with Crippen LogP contribution in [0.3, 0.4) is 0 Å². The first kappa shape index (κ1) is 14.6. The highest BCUT2D eigenvalue weighted by molar-refractivity contribution is 5.89. The van der Waals surface area contributed by atoms with Gasteiger partial charge in [-0.05, 0) is 31.7 Å². The second-order valence-corrected chi connectivity index (χ2v) is 4.73. The number of carbonyl (C=O) groups is 1. The van der Waals surface area contributed by atoms with Crippen LogP contribution in [0.25, 0.3) is 0 Å². The van der Waals surface area contributed by atoms with Crippen LogP contribution in [0.5, 0.6) is 0 Å². The zero-order valence-corrected chi connectivity index (χ0v) is 11.0. The van der Waals surface area contributed by atoms with Gasteiger partial charge in [-0.25, -0.2) is 4.79 Å². The third kappa shape index (κ3) is 3.41. The Labute approximate surface area is 114 Å². The molecule has 1 aliphatic rings. The van der Waals surface area contributed by atoms with Crippen LogP contribution in [0, 0.1) is 0 Å². The predicted octanol–water partition coefficient (Wildman–Crippen LogP) is 2.53. The van der Waals surface area contributed by atoms with Gasteiger partial charge < -0.3 is 15.5 Å². The Kier molecular flexibility index (Phi) is 4.17. The highest BCUT2D eigenvalue weighted by Crippen LogP contribution is 2.30. The summed E-state index contributed by atoms with van der Waals surface area (Å²) in [5.41, 5.74) is -0.623. The first-order chi connectivity index (χ1) is 9.40. The maximum atomic E-state index is 12.6. The van der Waals surface area contributed by atoms with E-state index in [4.69, 9.17) is 0 Å². The van der Waals surface area contributed by atoms with E-state index in [-0.39, 0.29) is 17.8 Å². The lowest BCUT2D eigenvalue weighted by molar-refractivity contribution is -0.137. The highest BCUT2D eigenvalue weighted by Gasteiger charge is 2.31. The SMILES string of the molecule is CNC1CCN(C(=O)Nc2cccc(C(F)(F)F)c2)C1. The minimum atomic E-state index is -4.41. The molecule has 1 heterocycles. The topological polar surface area (TPSA) is 44.4 Å². The summed E-state index contributed by atoms with van der Waals surface area (Å²) < 4.78 is 37.7. The van der Waals surface area contributed by atoms with Crippen molar-refractivity contribution in [3.05, 3.63) is 29.8 Å². The van der Waals surface area contributed by atoms with Gasteiger partial charge in [0.15, 0.2) is 0 Å². The molecular weight excluding hydrogens is 271 g/mol. The molecule has 110 valence electrons. The minimum absolute atomic E-state index is 0.151. The normalized spacial score (nSPS) is 19.2. The number of likely N-dealkylation sites (N-methyl/N-ethyl adjacent to an activating group) is 1. The lowest BCUT2D eigenvalue weighted by atomic mass is 10.2. The van der Waals surface area contributed by atoms with E-state index in [9.17, 15) is 18.0 Å². The largest absolute Gasteiger partial charge is 0.416 e. The summed E-state index contributed by atoms with van der Waals surface area (Å²) >= 11 is 0. The van der Waals surface area contributed by atoms with Gasteiger partial charge in [0.05, 0.1) is 5.56 Å². The van der Waals surface area contributed by atoms with Crippen molar-refractivity contribution < 1.29 is 18.0 Å². The maximum Gasteiger partial charge on any atom is 0.416 e. The van der Waals surface area contributed by atoms with Crippen molar-refractivity contribution in [2.24, 2.45) is 0 Å². The van der Waals surface area contributed by atoms with Crippen molar-refractivity contribution in [3.63, 3.8) is 0 Å². The molecule has 2 amide bonds. The number of amides is 2. The molecule has 1 fully saturated rings. The van der Waals surface area contributed by atoms with Crippen LogP contribution >= 0.6 is 0 Å². The van der Waals surface area contributed by atoms with E-state index in [1.165, 1.54) is 12.1 Å². The second kappa shape index (κ2) is 5.70. The number of nitrogens with one attached hydrogen (secondary N) is 2.